The summed E-state index contributed by atoms with van der Waals surface area (Å²) >= 11 is 8.40. The van der Waals surface area contributed by atoms with Crippen LogP contribution in [0.4, 0.5) is 0 Å². The number of fused-ring (bicyclic) bond motifs is 1. The second kappa shape index (κ2) is 20.4. The van der Waals surface area contributed by atoms with Gasteiger partial charge in [0.25, 0.3) is 0 Å². The van der Waals surface area contributed by atoms with Gasteiger partial charge in [-0.1, -0.05) is 54.1 Å². The number of nitrogens with zero attached hydrogens (tertiary/aromatic N) is 3. The van der Waals surface area contributed by atoms with E-state index < -0.39 is 24.1 Å². The van der Waals surface area contributed by atoms with Crippen LogP contribution in [-0.4, -0.2) is 61.1 Å². The summed E-state index contributed by atoms with van der Waals surface area (Å²) in [7, 11) is 0. The fraction of sp³-hybridized carbons (Fsp3) is 0.283. The molecule has 310 valence electrons. The minimum atomic E-state index is -1.06. The molecule has 0 aliphatic rings. The number of rotatable bonds is 20. The number of ether oxygens (including phenoxy) is 2. The lowest BCUT2D eigenvalue weighted by Crippen LogP contribution is -2.28. The van der Waals surface area contributed by atoms with Crippen molar-refractivity contribution < 1.29 is 39.5 Å². The van der Waals surface area contributed by atoms with Gasteiger partial charge in [0.15, 0.2) is 0 Å². The van der Waals surface area contributed by atoms with Crippen molar-refractivity contribution >= 4 is 45.1 Å². The van der Waals surface area contributed by atoms with Crippen molar-refractivity contribution in [3.63, 3.8) is 0 Å². The van der Waals surface area contributed by atoms with Crippen LogP contribution >= 0.6 is 22.9 Å². The van der Waals surface area contributed by atoms with Gasteiger partial charge < -0.3 is 35.2 Å². The number of aliphatic hydroxyl groups excluding tert-OH is 2. The Kier molecular flexibility index (Phi) is 14.8. The third-order valence-corrected chi connectivity index (χ3v) is 11.4. The van der Waals surface area contributed by atoms with Crippen LogP contribution in [0.25, 0.3) is 31.9 Å². The predicted molar refractivity (Wildman–Crippen MR) is 230 cm³/mol. The predicted octanol–water partition coefficient (Wildman–Crippen LogP) is 8.41. The topological polar surface area (TPSA) is 195 Å². The zero-order chi connectivity index (χ0) is 42.8. The van der Waals surface area contributed by atoms with Crippen molar-refractivity contribution in [1.29, 1.82) is 5.26 Å². The minimum Gasteiger partial charge on any atom is -0.488 e. The van der Waals surface area contributed by atoms with Gasteiger partial charge in [-0.05, 0) is 96.3 Å². The highest BCUT2D eigenvalue weighted by Gasteiger charge is 2.18. The van der Waals surface area contributed by atoms with E-state index in [1.807, 2.05) is 30.3 Å². The van der Waals surface area contributed by atoms with E-state index in [4.69, 9.17) is 36.3 Å². The van der Waals surface area contributed by atoms with Gasteiger partial charge in [-0.2, -0.15) is 5.26 Å². The number of hydrogen-bond donors (Lipinski definition) is 5. The van der Waals surface area contributed by atoms with Gasteiger partial charge in [-0.25, -0.2) is 4.98 Å². The number of thiazole rings is 1. The van der Waals surface area contributed by atoms with Crippen LogP contribution < -0.4 is 14.8 Å². The molecule has 0 saturated carbocycles. The van der Waals surface area contributed by atoms with E-state index in [-0.39, 0.29) is 32.6 Å². The molecule has 0 aliphatic carbocycles. The quantitative estimate of drug-likeness (QED) is 0.0493. The molecule has 4 aromatic carbocycles. The fourth-order valence-electron chi connectivity index (χ4n) is 6.93. The number of nitrogens with one attached hydrogen (secondary N) is 1. The summed E-state index contributed by atoms with van der Waals surface area (Å²) in [6.45, 7) is 5.19. The Labute approximate surface area is 356 Å². The van der Waals surface area contributed by atoms with Gasteiger partial charge in [0.1, 0.15) is 35.8 Å². The number of nitriles is 1. The van der Waals surface area contributed by atoms with E-state index in [0.29, 0.717) is 53.5 Å². The molecule has 0 unspecified atom stereocenters. The molecule has 6 rings (SSSR count). The van der Waals surface area contributed by atoms with Crippen LogP contribution in [0.5, 0.6) is 11.5 Å². The van der Waals surface area contributed by atoms with Gasteiger partial charge in [0.2, 0.25) is 0 Å². The highest BCUT2D eigenvalue weighted by atomic mass is 35.5. The Hall–Kier alpha value is -5.88. The molecule has 0 radical (unpaired) electrons. The number of carboxylic acids is 2. The Balaban J connectivity index is 1.19. The number of aliphatic carboxylic acids is 2. The van der Waals surface area contributed by atoms with Crippen LogP contribution in [0.2, 0.25) is 5.02 Å². The standard InChI is InChI=1S/C46H45ClN4O8S/c1-27-33(26-59-42-19-41(58-25-31-14-30(20-48)22-49-23-31)32(16-39(42)47)6-3-8-34(52)17-44(54)55)7-4-9-36(27)37-10-5-11-38(28(37)2)46-51-40-13-12-29(15-43(40)60-46)21-50-24-35(53)18-45(56)57/h4-5,7,9-16,19,22-23,34-35,50,52-53H,3,6,8,17-18,21,24-26H2,1-2H3,(H,54,55)(H,56,57)/t34-,35+/m1/s1. The van der Waals surface area contributed by atoms with E-state index in [2.05, 4.69) is 54.5 Å². The average molecular weight is 849 g/mol. The lowest BCUT2D eigenvalue weighted by Gasteiger charge is -2.18. The number of aliphatic hydroxyl groups is 2. The van der Waals surface area contributed by atoms with Crippen molar-refractivity contribution in [3.05, 3.63) is 129 Å². The number of aryl methyl sites for hydroxylation is 1. The first-order valence-corrected chi connectivity index (χ1v) is 20.6. The first kappa shape index (κ1) is 43.7. The van der Waals surface area contributed by atoms with Crippen molar-refractivity contribution in [2.24, 2.45) is 0 Å². The first-order valence-electron chi connectivity index (χ1n) is 19.4. The summed E-state index contributed by atoms with van der Waals surface area (Å²) in [6.07, 6.45) is 1.81. The third kappa shape index (κ3) is 11.4. The monoisotopic (exact) mass is 848 g/mol. The van der Waals surface area contributed by atoms with E-state index in [1.54, 1.807) is 35.7 Å². The fourth-order valence-corrected chi connectivity index (χ4v) is 8.29. The summed E-state index contributed by atoms with van der Waals surface area (Å²) in [4.78, 5) is 31.0. The second-order valence-electron chi connectivity index (χ2n) is 14.6. The number of benzene rings is 4. The molecule has 2 aromatic heterocycles. The Bertz CT molecular complexity index is 2540. The van der Waals surface area contributed by atoms with Crippen molar-refractivity contribution in [1.82, 2.24) is 15.3 Å². The van der Waals surface area contributed by atoms with Crippen molar-refractivity contribution in [2.45, 2.75) is 77.9 Å². The van der Waals surface area contributed by atoms with Gasteiger partial charge >= 0.3 is 11.9 Å². The maximum Gasteiger partial charge on any atom is 0.306 e. The van der Waals surface area contributed by atoms with Gasteiger partial charge in [0.05, 0.1) is 45.9 Å². The Morgan fingerprint density at radius 2 is 1.55 bits per heavy atom. The summed E-state index contributed by atoms with van der Waals surface area (Å²) in [5, 5.41) is 51.6. The molecule has 0 spiro atoms. The molecule has 14 heteroatoms. The summed E-state index contributed by atoms with van der Waals surface area (Å²) in [5.41, 5.74) is 10.0. The molecule has 60 heavy (non-hydrogen) atoms. The molecule has 2 heterocycles. The number of hydrogen-bond acceptors (Lipinski definition) is 11. The molecule has 2 atom stereocenters. The first-order chi connectivity index (χ1) is 28.9. The number of aromatic nitrogens is 2. The molecule has 6 aromatic rings. The Morgan fingerprint density at radius 3 is 2.32 bits per heavy atom. The number of carboxylic acid groups (broad SMARTS) is 2. The van der Waals surface area contributed by atoms with Gasteiger partial charge in [-0.3, -0.25) is 14.6 Å². The highest BCUT2D eigenvalue weighted by Crippen LogP contribution is 2.39. The van der Waals surface area contributed by atoms with Crippen molar-refractivity contribution in [2.75, 3.05) is 6.54 Å². The average Bonchev–Trinajstić information content (AvgIpc) is 3.63. The van der Waals surface area contributed by atoms with Gasteiger partial charge in [-0.15, -0.1) is 11.3 Å². The van der Waals surface area contributed by atoms with Crippen molar-refractivity contribution in [3.8, 4) is 39.3 Å². The lowest BCUT2D eigenvalue weighted by atomic mass is 9.91. The summed E-state index contributed by atoms with van der Waals surface area (Å²) in [6, 6.07) is 25.6. The number of carbonyl (C=O) groups is 2. The molecule has 0 aliphatic heterocycles. The molecule has 0 fully saturated rings. The molecule has 0 amide bonds. The normalized spacial score (nSPS) is 12.2. The third-order valence-electron chi connectivity index (χ3n) is 10.1. The van der Waals surface area contributed by atoms with Gasteiger partial charge in [0, 0.05) is 42.7 Å². The number of pyridine rings is 1. The van der Waals surface area contributed by atoms with Crippen LogP contribution in [0.15, 0.2) is 85.2 Å². The number of halogens is 1. The van der Waals surface area contributed by atoms with E-state index in [9.17, 15) is 25.1 Å². The van der Waals surface area contributed by atoms with Crippen LogP contribution in [0, 0.1) is 25.2 Å². The van der Waals surface area contributed by atoms with Crippen LogP contribution in [0.1, 0.15) is 64.6 Å². The minimum absolute atomic E-state index is 0.136. The van der Waals surface area contributed by atoms with E-state index >= 15 is 0 Å². The summed E-state index contributed by atoms with van der Waals surface area (Å²) in [5.74, 6) is -1.17. The molecule has 0 bridgehead atoms. The summed E-state index contributed by atoms with van der Waals surface area (Å²) < 4.78 is 13.6. The van der Waals surface area contributed by atoms with Crippen LogP contribution in [-0.2, 0) is 35.8 Å². The zero-order valence-corrected chi connectivity index (χ0v) is 34.7. The second-order valence-corrected chi connectivity index (χ2v) is 16.0. The molecular formula is C46H45ClN4O8S. The molecule has 0 saturated heterocycles. The smallest absolute Gasteiger partial charge is 0.306 e. The Morgan fingerprint density at radius 1 is 0.833 bits per heavy atom. The maximum atomic E-state index is 11.0. The van der Waals surface area contributed by atoms with E-state index in [1.165, 1.54) is 6.20 Å². The van der Waals surface area contributed by atoms with Crippen LogP contribution in [0.3, 0.4) is 0 Å². The zero-order valence-electron chi connectivity index (χ0n) is 33.2. The maximum absolute atomic E-state index is 11.0. The SMILES string of the molecule is Cc1c(COc2cc(OCc3cncc(C#N)c3)c(CCC[C@@H](O)CC(=O)O)cc2Cl)cccc1-c1cccc(-c2nc3ccc(CNC[C@@H](O)CC(=O)O)cc3s2)c1C. The molecule has 5 N–H and O–H groups in total. The largest absolute Gasteiger partial charge is 0.488 e. The highest BCUT2D eigenvalue weighted by molar-refractivity contribution is 7.21. The lowest BCUT2D eigenvalue weighted by molar-refractivity contribution is -0.140. The molecular weight excluding hydrogens is 804 g/mol. The van der Waals surface area contributed by atoms with E-state index in [0.717, 1.165) is 59.7 Å². The molecule has 12 nitrogen and oxygen atoms in total.